The summed E-state index contributed by atoms with van der Waals surface area (Å²) in [5.41, 5.74) is 2.57. The molecule has 0 aliphatic heterocycles. The van der Waals surface area contributed by atoms with Crippen LogP contribution in [0, 0.1) is 0 Å². The lowest BCUT2D eigenvalue weighted by atomic mass is 9.95. The van der Waals surface area contributed by atoms with E-state index in [0.29, 0.717) is 12.0 Å². The predicted molar refractivity (Wildman–Crippen MR) is 96.3 cm³/mol. The minimum Gasteiger partial charge on any atom is -0.507 e. The fourth-order valence-corrected chi connectivity index (χ4v) is 3.74. The summed E-state index contributed by atoms with van der Waals surface area (Å²) in [5, 5.41) is 17.9. The van der Waals surface area contributed by atoms with E-state index in [1.54, 1.807) is 12.1 Å². The fraction of sp³-hybridized carbons (Fsp3) is 0.500. The van der Waals surface area contributed by atoms with E-state index in [1.165, 1.54) is 19.3 Å². The molecule has 1 aromatic carbocycles. The maximum absolute atomic E-state index is 12.5. The van der Waals surface area contributed by atoms with Crippen LogP contribution in [0.15, 0.2) is 30.3 Å². The summed E-state index contributed by atoms with van der Waals surface area (Å²) in [5.74, 6) is 0.761. The summed E-state index contributed by atoms with van der Waals surface area (Å²) in [6, 6.07) is 9.57. The molecule has 0 spiro atoms. The van der Waals surface area contributed by atoms with Crippen molar-refractivity contribution >= 4 is 5.91 Å². The molecule has 5 nitrogen and oxygen atoms in total. The summed E-state index contributed by atoms with van der Waals surface area (Å²) in [6.45, 7) is 0.260. The number of phenolic OH excluding ortho intramolecular Hbond substituents is 1. The van der Waals surface area contributed by atoms with E-state index in [9.17, 15) is 9.90 Å². The van der Waals surface area contributed by atoms with Gasteiger partial charge in [-0.15, -0.1) is 0 Å². The molecule has 25 heavy (non-hydrogen) atoms. The van der Waals surface area contributed by atoms with Gasteiger partial charge in [0.1, 0.15) is 12.3 Å². The average molecular weight is 339 g/mol. The number of hydrogen-bond acceptors (Lipinski definition) is 3. The molecule has 2 saturated carbocycles. The zero-order chi connectivity index (χ0) is 17.2. The molecule has 0 atom stereocenters. The van der Waals surface area contributed by atoms with Gasteiger partial charge in [-0.05, 0) is 43.9 Å². The lowest BCUT2D eigenvalue weighted by Gasteiger charge is -2.22. The number of amides is 1. The molecule has 1 aromatic heterocycles. The number of phenols is 1. The molecule has 0 bridgehead atoms. The summed E-state index contributed by atoms with van der Waals surface area (Å²) in [4.78, 5) is 12.5. The highest BCUT2D eigenvalue weighted by molar-refractivity contribution is 5.76. The molecule has 0 radical (unpaired) electrons. The third-order valence-electron chi connectivity index (χ3n) is 5.25. The number of carbonyl (C=O) groups excluding carboxylic acids is 1. The van der Waals surface area contributed by atoms with Crippen molar-refractivity contribution in [2.75, 3.05) is 0 Å². The first kappa shape index (κ1) is 16.2. The van der Waals surface area contributed by atoms with Crippen molar-refractivity contribution in [2.24, 2.45) is 0 Å². The molecule has 2 aliphatic carbocycles. The van der Waals surface area contributed by atoms with Gasteiger partial charge >= 0.3 is 0 Å². The van der Waals surface area contributed by atoms with Gasteiger partial charge in [-0.1, -0.05) is 31.4 Å². The van der Waals surface area contributed by atoms with Crippen LogP contribution in [0.25, 0.3) is 11.3 Å². The van der Waals surface area contributed by atoms with Crippen molar-refractivity contribution in [3.63, 3.8) is 0 Å². The van der Waals surface area contributed by atoms with Crippen molar-refractivity contribution < 1.29 is 9.90 Å². The van der Waals surface area contributed by atoms with E-state index in [0.717, 1.165) is 42.6 Å². The maximum atomic E-state index is 12.5. The molecule has 5 heteroatoms. The normalized spacial score (nSPS) is 18.2. The van der Waals surface area contributed by atoms with Crippen LogP contribution in [0.2, 0.25) is 0 Å². The number of hydrogen-bond donors (Lipinski definition) is 2. The Morgan fingerprint density at radius 3 is 2.64 bits per heavy atom. The monoisotopic (exact) mass is 339 g/mol. The second kappa shape index (κ2) is 6.90. The van der Waals surface area contributed by atoms with E-state index < -0.39 is 0 Å². The molecule has 2 aromatic rings. The predicted octanol–water partition coefficient (Wildman–Crippen LogP) is 3.58. The van der Waals surface area contributed by atoms with Gasteiger partial charge in [-0.2, -0.15) is 5.10 Å². The molecule has 0 unspecified atom stereocenters. The molecule has 132 valence electrons. The van der Waals surface area contributed by atoms with E-state index in [2.05, 4.69) is 10.4 Å². The van der Waals surface area contributed by atoms with Crippen LogP contribution in [0.5, 0.6) is 5.75 Å². The first-order valence-electron chi connectivity index (χ1n) is 9.36. The Morgan fingerprint density at radius 2 is 1.92 bits per heavy atom. The van der Waals surface area contributed by atoms with Crippen LogP contribution >= 0.6 is 0 Å². The Labute approximate surface area is 148 Å². The van der Waals surface area contributed by atoms with Crippen LogP contribution in [-0.4, -0.2) is 26.8 Å². The first-order valence-corrected chi connectivity index (χ1v) is 9.36. The van der Waals surface area contributed by atoms with Gasteiger partial charge in [0.2, 0.25) is 5.91 Å². The summed E-state index contributed by atoms with van der Waals surface area (Å²) >= 11 is 0. The SMILES string of the molecule is O=C(Cn1nc(-c2ccccc2O)cc1C1CC1)NC1CCCCC1. The molecule has 0 saturated heterocycles. The minimum absolute atomic E-state index is 0.0423. The molecule has 2 N–H and O–H groups in total. The number of nitrogens with zero attached hydrogens (tertiary/aromatic N) is 2. The quantitative estimate of drug-likeness (QED) is 0.875. The Bertz CT molecular complexity index is 758. The number of aromatic nitrogens is 2. The second-order valence-corrected chi connectivity index (χ2v) is 7.31. The smallest absolute Gasteiger partial charge is 0.241 e. The topological polar surface area (TPSA) is 67.2 Å². The van der Waals surface area contributed by atoms with Crippen LogP contribution in [0.1, 0.15) is 56.6 Å². The number of benzene rings is 1. The molecule has 2 fully saturated rings. The Kier molecular flexibility index (Phi) is 4.47. The molecular weight excluding hydrogens is 314 g/mol. The van der Waals surface area contributed by atoms with Crippen molar-refractivity contribution in [2.45, 2.75) is 63.5 Å². The number of para-hydroxylation sites is 1. The summed E-state index contributed by atoms with van der Waals surface area (Å²) in [6.07, 6.45) is 8.16. The highest BCUT2D eigenvalue weighted by atomic mass is 16.3. The number of aromatic hydroxyl groups is 1. The lowest BCUT2D eigenvalue weighted by Crippen LogP contribution is -2.38. The molecule has 4 rings (SSSR count). The van der Waals surface area contributed by atoms with E-state index in [4.69, 9.17) is 0 Å². The average Bonchev–Trinajstić information content (AvgIpc) is 3.37. The van der Waals surface area contributed by atoms with E-state index >= 15 is 0 Å². The third kappa shape index (κ3) is 3.70. The number of rotatable bonds is 5. The van der Waals surface area contributed by atoms with Gasteiger partial charge in [-0.3, -0.25) is 9.48 Å². The van der Waals surface area contributed by atoms with E-state index in [-0.39, 0.29) is 18.2 Å². The lowest BCUT2D eigenvalue weighted by molar-refractivity contribution is -0.122. The zero-order valence-corrected chi connectivity index (χ0v) is 14.4. The van der Waals surface area contributed by atoms with Crippen molar-refractivity contribution in [3.05, 3.63) is 36.0 Å². The van der Waals surface area contributed by atoms with Crippen LogP contribution in [0.4, 0.5) is 0 Å². The number of carbonyl (C=O) groups is 1. The molecule has 1 amide bonds. The summed E-state index contributed by atoms with van der Waals surface area (Å²) < 4.78 is 1.83. The van der Waals surface area contributed by atoms with Gasteiger partial charge in [0.25, 0.3) is 0 Å². The Hall–Kier alpha value is -2.30. The number of nitrogens with one attached hydrogen (secondary N) is 1. The van der Waals surface area contributed by atoms with Crippen molar-refractivity contribution in [3.8, 4) is 17.0 Å². The molecular formula is C20H25N3O2. The van der Waals surface area contributed by atoms with Gasteiger partial charge < -0.3 is 10.4 Å². The fourth-order valence-electron chi connectivity index (χ4n) is 3.74. The van der Waals surface area contributed by atoms with Gasteiger partial charge in [-0.25, -0.2) is 0 Å². The van der Waals surface area contributed by atoms with Crippen LogP contribution < -0.4 is 5.32 Å². The Morgan fingerprint density at radius 1 is 1.16 bits per heavy atom. The van der Waals surface area contributed by atoms with Crippen molar-refractivity contribution in [1.82, 2.24) is 15.1 Å². The van der Waals surface area contributed by atoms with Gasteiger partial charge in [0.05, 0.1) is 5.69 Å². The van der Waals surface area contributed by atoms with Gasteiger partial charge in [0, 0.05) is 23.2 Å². The van der Waals surface area contributed by atoms with Gasteiger partial charge in [0.15, 0.2) is 0 Å². The molecule has 1 heterocycles. The maximum Gasteiger partial charge on any atom is 0.241 e. The third-order valence-corrected chi connectivity index (χ3v) is 5.25. The Balaban J connectivity index is 1.52. The zero-order valence-electron chi connectivity index (χ0n) is 14.4. The molecule has 2 aliphatic rings. The second-order valence-electron chi connectivity index (χ2n) is 7.31. The minimum atomic E-state index is 0.0423. The van der Waals surface area contributed by atoms with Crippen LogP contribution in [-0.2, 0) is 11.3 Å². The largest absolute Gasteiger partial charge is 0.507 e. The highest BCUT2D eigenvalue weighted by Gasteiger charge is 2.29. The van der Waals surface area contributed by atoms with E-state index in [1.807, 2.05) is 22.9 Å². The highest BCUT2D eigenvalue weighted by Crippen LogP contribution is 2.42. The van der Waals surface area contributed by atoms with Crippen LogP contribution in [0.3, 0.4) is 0 Å². The summed E-state index contributed by atoms with van der Waals surface area (Å²) in [7, 11) is 0. The first-order chi connectivity index (χ1) is 12.2. The standard InChI is InChI=1S/C20H25N3O2/c24-19-9-5-4-8-16(19)17-12-18(14-10-11-14)23(22-17)13-20(25)21-15-6-2-1-3-7-15/h4-5,8-9,12,14-15,24H,1-3,6-7,10-11,13H2,(H,21,25). The van der Waals surface area contributed by atoms with Crippen molar-refractivity contribution in [1.29, 1.82) is 0 Å².